The van der Waals surface area contributed by atoms with Crippen LogP contribution in [0.1, 0.15) is 104 Å². The zero-order chi connectivity index (χ0) is 55.8. The topological polar surface area (TPSA) is 286 Å². The van der Waals surface area contributed by atoms with Gasteiger partial charge in [0.15, 0.2) is 5.72 Å². The van der Waals surface area contributed by atoms with Crippen molar-refractivity contribution in [2.45, 2.75) is 158 Å². The van der Waals surface area contributed by atoms with Crippen LogP contribution in [0.2, 0.25) is 5.02 Å². The van der Waals surface area contributed by atoms with Gasteiger partial charge in [0.1, 0.15) is 46.8 Å². The van der Waals surface area contributed by atoms with Crippen molar-refractivity contribution in [3.8, 4) is 5.75 Å². The smallest absolute Gasteiger partial charge is 0.409 e. The van der Waals surface area contributed by atoms with Crippen LogP contribution in [0, 0.1) is 17.8 Å². The van der Waals surface area contributed by atoms with Crippen molar-refractivity contribution >= 4 is 76.6 Å². The molecule has 0 radical (unpaired) electrons. The zero-order valence-electron chi connectivity index (χ0n) is 44.7. The Kier molecular flexibility index (Phi) is 20.5. The number of carbonyl (C=O) groups excluding carboxylic acids is 7. The lowest BCUT2D eigenvalue weighted by atomic mass is 9.81. The number of benzene rings is 1. The van der Waals surface area contributed by atoms with Gasteiger partial charge in [-0.1, -0.05) is 42.3 Å². The second-order valence-corrected chi connectivity index (χ2v) is 22.7. The molecular weight excluding hydrogens is 1030 g/mol. The Hall–Kier alpha value is -5.26. The molecule has 1 aliphatic carbocycles. The Morgan fingerprint density at radius 1 is 1.08 bits per heavy atom. The number of fused-ring (bicyclic) bond motifs is 5. The first-order valence-corrected chi connectivity index (χ1v) is 27.4. The van der Waals surface area contributed by atoms with Crippen LogP contribution in [0.5, 0.6) is 5.75 Å². The maximum absolute atomic E-state index is 14.4. The number of nitrogens with one attached hydrogen (secondary N) is 2. The van der Waals surface area contributed by atoms with E-state index in [9.17, 15) is 43.5 Å². The fraction of sp³-hybridized carbons (Fsp3) is 0.660. The highest BCUT2D eigenvalue weighted by atomic mass is 35.5. The summed E-state index contributed by atoms with van der Waals surface area (Å²) >= 11 is 8.02. The first-order valence-electron chi connectivity index (χ1n) is 26.0. The molecule has 4 heterocycles. The first kappa shape index (κ1) is 60.0. The van der Waals surface area contributed by atoms with Crippen molar-refractivity contribution < 1.29 is 72.3 Å². The number of imide groups is 1. The standard InChI is InChI=1S/C53H75ClN6O15S/c1-29-12-11-14-40(72-8)53(70)27-38(73-51(69)57-53)30(2)46-52(4,75-46)41(26-43(62)59(6)36-23-33(22-29)24-37(71-7)45(36)54)74-50(68)31(3)58(5)42(61)19-21-76-39-25-44(63)60(48(39)65)28-32-15-17-34(18-16-32)47(64)56-20-10-9-13-35(55)49(66)67/h11-12,14,23-24,30-32,34-35,38-41,46,70H,9-10,13,15-22,25-28,55H2,1-8H3,(H,56,64)(H,57,69)(H,66,67)/b14-11+,29-12+/t30-,31+,32?,34?,35+,38+,39+,40?,41?,46+,52+,53+/m1/s1. The number of aliphatic carboxylic acids is 1. The van der Waals surface area contributed by atoms with Gasteiger partial charge in [-0.3, -0.25) is 39.0 Å². The van der Waals surface area contributed by atoms with Crippen LogP contribution in [0.25, 0.3) is 0 Å². The molecule has 2 unspecified atom stereocenters. The van der Waals surface area contributed by atoms with Crippen molar-refractivity contribution in [1.29, 1.82) is 0 Å². The number of carboxylic acid groups (broad SMARTS) is 1. The molecule has 4 bridgehead atoms. The minimum Gasteiger partial charge on any atom is -0.495 e. The minimum absolute atomic E-state index is 0.00468. The molecule has 0 aromatic heterocycles. The molecule has 1 aromatic rings. The maximum Gasteiger partial charge on any atom is 0.409 e. The predicted octanol–water partition coefficient (Wildman–Crippen LogP) is 4.27. The number of aliphatic hydroxyl groups is 1. The van der Waals surface area contributed by atoms with Crippen LogP contribution in [0.15, 0.2) is 35.9 Å². The summed E-state index contributed by atoms with van der Waals surface area (Å²) in [5, 5.41) is 25.7. The summed E-state index contributed by atoms with van der Waals surface area (Å²) in [7, 11) is 5.87. The van der Waals surface area contributed by atoms with E-state index in [-0.39, 0.29) is 66.1 Å². The van der Waals surface area contributed by atoms with Gasteiger partial charge < -0.3 is 54.7 Å². The number of likely N-dealkylation sites (tertiary alicyclic amines) is 1. The van der Waals surface area contributed by atoms with E-state index in [0.717, 1.165) is 11.1 Å². The molecule has 420 valence electrons. The Morgan fingerprint density at radius 3 is 2.46 bits per heavy atom. The number of hydrogen-bond acceptors (Lipinski definition) is 16. The van der Waals surface area contributed by atoms with Gasteiger partial charge in [-0.2, -0.15) is 0 Å². The lowest BCUT2D eigenvalue weighted by Crippen LogP contribution is -2.63. The number of thioether (sulfide) groups is 1. The molecule has 3 saturated heterocycles. The van der Waals surface area contributed by atoms with E-state index < -0.39 is 95.3 Å². The van der Waals surface area contributed by atoms with E-state index in [4.69, 9.17) is 46.1 Å². The molecule has 23 heteroatoms. The highest BCUT2D eigenvalue weighted by Crippen LogP contribution is 2.49. The fourth-order valence-corrected chi connectivity index (χ4v) is 11.9. The summed E-state index contributed by atoms with van der Waals surface area (Å²) in [5.74, 6) is -3.68. The average Bonchev–Trinajstić information content (AvgIpc) is 4.01. The van der Waals surface area contributed by atoms with Crippen LogP contribution >= 0.6 is 23.4 Å². The number of unbranched alkanes of at least 4 members (excludes halogenated alkanes) is 1. The number of nitrogens with zero attached hydrogens (tertiary/aromatic N) is 3. The van der Waals surface area contributed by atoms with Crippen molar-refractivity contribution in [2.75, 3.05) is 52.1 Å². The van der Waals surface area contributed by atoms with E-state index in [0.29, 0.717) is 69.3 Å². The predicted molar refractivity (Wildman–Crippen MR) is 281 cm³/mol. The van der Waals surface area contributed by atoms with Crippen molar-refractivity contribution in [1.82, 2.24) is 20.4 Å². The van der Waals surface area contributed by atoms with Crippen LogP contribution in [0.4, 0.5) is 10.5 Å². The van der Waals surface area contributed by atoms with Gasteiger partial charge in [0.2, 0.25) is 29.5 Å². The number of rotatable bonds is 18. The van der Waals surface area contributed by atoms with Crippen molar-refractivity contribution in [3.63, 3.8) is 0 Å². The summed E-state index contributed by atoms with van der Waals surface area (Å²) in [6.07, 6.45) is 4.40. The molecule has 6 amide bonds. The number of anilines is 1. The number of ether oxygens (including phenoxy) is 5. The Balaban J connectivity index is 1.07. The van der Waals surface area contributed by atoms with E-state index in [1.54, 1.807) is 45.2 Å². The zero-order valence-corrected chi connectivity index (χ0v) is 46.2. The van der Waals surface area contributed by atoms with Gasteiger partial charge in [-0.15, -0.1) is 11.8 Å². The number of esters is 1. The number of epoxide rings is 1. The molecule has 21 nitrogen and oxygen atoms in total. The molecule has 10 atom stereocenters. The maximum atomic E-state index is 14.4. The summed E-state index contributed by atoms with van der Waals surface area (Å²) < 4.78 is 29.5. The van der Waals surface area contributed by atoms with Gasteiger partial charge in [-0.25, -0.2) is 9.59 Å². The number of alkyl carbamates (subject to hydrolysis) is 1. The lowest BCUT2D eigenvalue weighted by molar-refractivity contribution is -0.162. The average molecular weight is 1100 g/mol. The van der Waals surface area contributed by atoms with Gasteiger partial charge in [0.25, 0.3) is 0 Å². The fourth-order valence-electron chi connectivity index (χ4n) is 10.5. The number of hydrogen-bond donors (Lipinski definition) is 5. The largest absolute Gasteiger partial charge is 0.495 e. The third-order valence-electron chi connectivity index (χ3n) is 15.6. The van der Waals surface area contributed by atoms with E-state index in [1.807, 2.05) is 13.0 Å². The van der Waals surface area contributed by atoms with Gasteiger partial charge >= 0.3 is 18.0 Å². The Bertz CT molecular complexity index is 2420. The number of likely N-dealkylation sites (N-methyl/N-ethyl adjacent to an activating group) is 1. The number of allylic oxidation sites excluding steroid dienone is 3. The summed E-state index contributed by atoms with van der Waals surface area (Å²) in [6.45, 7) is 7.53. The number of halogens is 1. The second kappa shape index (κ2) is 25.9. The van der Waals surface area contributed by atoms with Crippen LogP contribution in [-0.2, 0) is 58.9 Å². The molecule has 6 N–H and O–H groups in total. The summed E-state index contributed by atoms with van der Waals surface area (Å²) in [4.78, 5) is 109. The van der Waals surface area contributed by atoms with Crippen LogP contribution < -0.4 is 26.0 Å². The number of carboxylic acids is 1. The van der Waals surface area contributed by atoms with Crippen molar-refractivity contribution in [2.24, 2.45) is 23.5 Å². The number of nitrogens with two attached hydrogens (primary N) is 1. The van der Waals surface area contributed by atoms with Crippen molar-refractivity contribution in [3.05, 3.63) is 46.5 Å². The number of amides is 6. The minimum atomic E-state index is -1.89. The Labute approximate surface area is 453 Å². The molecule has 1 saturated carbocycles. The SMILES string of the molecule is COc1cc2cc(c1Cl)N(C)C(=O)CC(OC(=O)[C@H](C)N(C)C(=O)CCS[C@H]1CC(=O)N(CC3CCC(C(=O)NCCCC[C@H](N)C(=O)O)CC3)C1=O)[C@]1(C)O[C@H]1[C@H](C)[C@@H]1C[C@@](O)(NC(=O)O1)C(OC)/C=C/C=C(\C)C2. The van der Waals surface area contributed by atoms with Gasteiger partial charge in [0, 0.05) is 71.1 Å². The number of carbonyl (C=O) groups is 8. The van der Waals surface area contributed by atoms with E-state index in [1.165, 1.54) is 54.7 Å². The normalized spacial score (nSPS) is 30.9. The second-order valence-electron chi connectivity index (χ2n) is 21.0. The summed E-state index contributed by atoms with van der Waals surface area (Å²) in [5.41, 5.74) is 4.34. The van der Waals surface area contributed by atoms with E-state index in [2.05, 4.69) is 10.6 Å². The summed E-state index contributed by atoms with van der Waals surface area (Å²) in [6, 6.07) is 1.47. The van der Waals surface area contributed by atoms with Gasteiger partial charge in [0.05, 0.1) is 30.6 Å². The molecule has 4 aliphatic heterocycles. The monoisotopic (exact) mass is 1100 g/mol. The third kappa shape index (κ3) is 14.5. The number of methoxy groups -OCH3 is 2. The molecule has 1 aromatic carbocycles. The van der Waals surface area contributed by atoms with Crippen LogP contribution in [0.3, 0.4) is 0 Å². The van der Waals surface area contributed by atoms with Crippen LogP contribution in [-0.4, -0.2) is 168 Å². The lowest BCUT2D eigenvalue weighted by Gasteiger charge is -2.42. The molecule has 4 fully saturated rings. The molecule has 76 heavy (non-hydrogen) atoms. The highest BCUT2D eigenvalue weighted by Gasteiger charge is 2.64. The first-order chi connectivity index (χ1) is 35.9. The van der Waals surface area contributed by atoms with E-state index >= 15 is 0 Å². The molecule has 6 rings (SSSR count). The molecular formula is C53H75ClN6O15S. The quantitative estimate of drug-likeness (QED) is 0.0594. The molecule has 0 spiro atoms. The highest BCUT2D eigenvalue weighted by molar-refractivity contribution is 8.00. The molecule has 5 aliphatic rings. The van der Waals surface area contributed by atoms with Gasteiger partial charge in [-0.05, 0) is 95.8 Å². The Morgan fingerprint density at radius 2 is 1.79 bits per heavy atom. The third-order valence-corrected chi connectivity index (χ3v) is 17.2.